The molecule has 1 fully saturated rings. The van der Waals surface area contributed by atoms with Gasteiger partial charge in [0.05, 0.1) is 17.5 Å². The normalized spacial score (nSPS) is 27.1. The lowest BCUT2D eigenvalue weighted by Crippen LogP contribution is -2.75. The Labute approximate surface area is 192 Å². The Kier molecular flexibility index (Phi) is 4.39. The number of aliphatic hydroxyl groups excluding tert-OH is 1. The minimum absolute atomic E-state index is 0.0189. The summed E-state index contributed by atoms with van der Waals surface area (Å²) < 4.78 is 0. The van der Waals surface area contributed by atoms with E-state index < -0.39 is 17.3 Å². The summed E-state index contributed by atoms with van der Waals surface area (Å²) in [5.41, 5.74) is 5.23. The molecule has 33 heavy (non-hydrogen) atoms. The lowest BCUT2D eigenvalue weighted by atomic mass is 9.47. The summed E-state index contributed by atoms with van der Waals surface area (Å²) >= 11 is 0. The summed E-state index contributed by atoms with van der Waals surface area (Å²) in [6, 6.07) is 23.9. The number of benzene rings is 3. The molecular formula is C28H25N2O3+. The minimum atomic E-state index is -0.798. The third-order valence-electron chi connectivity index (χ3n) is 7.56. The number of carbonyl (C=O) groups excluding carboxylic acids is 2. The van der Waals surface area contributed by atoms with Crippen LogP contribution < -0.4 is 9.89 Å². The first-order valence-corrected chi connectivity index (χ1v) is 11.4. The van der Waals surface area contributed by atoms with Crippen LogP contribution in [-0.2, 0) is 15.0 Å². The molecule has 3 aromatic rings. The van der Waals surface area contributed by atoms with Crippen LogP contribution >= 0.6 is 0 Å². The number of carbonyl (C=O) groups is 2. The quantitative estimate of drug-likeness (QED) is 0.482. The average Bonchev–Trinajstić information content (AvgIpc) is 3.11. The molecule has 0 aromatic heterocycles. The molecule has 0 saturated carbocycles. The van der Waals surface area contributed by atoms with E-state index in [4.69, 9.17) is 0 Å². The van der Waals surface area contributed by atoms with Crippen molar-refractivity contribution in [2.45, 2.75) is 18.3 Å². The van der Waals surface area contributed by atoms with Gasteiger partial charge in [-0.05, 0) is 41.3 Å². The molecule has 0 radical (unpaired) electrons. The lowest BCUT2D eigenvalue weighted by Gasteiger charge is -2.51. The van der Waals surface area contributed by atoms with Crippen molar-refractivity contribution in [3.8, 4) is 0 Å². The topological polar surface area (TPSA) is 71.6 Å². The minimum Gasteiger partial charge on any atom is -0.390 e. The van der Waals surface area contributed by atoms with Crippen molar-refractivity contribution >= 4 is 23.7 Å². The molecule has 2 amide bonds. The molecule has 2 N–H and O–H groups in total. The number of nitrogens with zero attached hydrogens (tertiary/aromatic N) is 1. The zero-order valence-electron chi connectivity index (χ0n) is 18.4. The monoisotopic (exact) mass is 437 g/mol. The third kappa shape index (κ3) is 2.54. The Morgan fingerprint density at radius 2 is 1.52 bits per heavy atom. The van der Waals surface area contributed by atoms with Crippen LogP contribution in [0.5, 0.6) is 0 Å². The summed E-state index contributed by atoms with van der Waals surface area (Å²) in [6.45, 7) is 2.34. The van der Waals surface area contributed by atoms with Gasteiger partial charge in [-0.3, -0.25) is 9.59 Å². The van der Waals surface area contributed by atoms with Crippen LogP contribution in [0.4, 0.5) is 5.69 Å². The van der Waals surface area contributed by atoms with Crippen LogP contribution in [0.1, 0.15) is 33.7 Å². The number of hydrogen-bond donors (Lipinski definition) is 2. The van der Waals surface area contributed by atoms with Crippen LogP contribution in [0.25, 0.3) is 0 Å². The first-order valence-electron chi connectivity index (χ1n) is 11.4. The van der Waals surface area contributed by atoms with Gasteiger partial charge in [-0.15, -0.1) is 0 Å². The number of nitrogens with one attached hydrogen (secondary N) is 1. The highest BCUT2D eigenvalue weighted by atomic mass is 16.3. The molecule has 3 aliphatic carbocycles. The smallest absolute Gasteiger partial charge is 0.239 e. The fourth-order valence-corrected chi connectivity index (χ4v) is 6.32. The maximum atomic E-state index is 14.1. The number of anilines is 1. The van der Waals surface area contributed by atoms with Gasteiger partial charge in [-0.2, -0.15) is 0 Å². The molecule has 7 rings (SSSR count). The summed E-state index contributed by atoms with van der Waals surface area (Å²) in [5, 5.41) is 9.44. The van der Waals surface area contributed by atoms with Gasteiger partial charge in [0.1, 0.15) is 12.0 Å². The highest BCUT2D eigenvalue weighted by Gasteiger charge is 2.69. The van der Waals surface area contributed by atoms with E-state index >= 15 is 0 Å². The fraction of sp³-hybridized carbons (Fsp3) is 0.250. The van der Waals surface area contributed by atoms with Crippen molar-refractivity contribution in [1.29, 1.82) is 0 Å². The zero-order chi connectivity index (χ0) is 22.7. The number of aryl methyl sites for hydroxylation is 1. The first-order chi connectivity index (χ1) is 16.1. The number of amides is 2. The standard InChI is InChI=1S/C28H24N2O3/c1-17-10-12-18(13-11-17)30-26(32)24-23-19-6-2-4-8-21(19)28(16-29-14-15-31,25(24)27(30)33)22-9-5-3-7-20(22)23/h2-13,16,23-25,31H,14-15H2,1H3/p+1/t23?,24-,25-,28?/m1/s1. The van der Waals surface area contributed by atoms with E-state index in [1.165, 1.54) is 4.90 Å². The van der Waals surface area contributed by atoms with Crippen molar-refractivity contribution in [3.05, 3.63) is 101 Å². The van der Waals surface area contributed by atoms with E-state index in [1.54, 1.807) is 0 Å². The Morgan fingerprint density at radius 1 is 0.909 bits per heavy atom. The Morgan fingerprint density at radius 3 is 2.12 bits per heavy atom. The molecule has 5 heteroatoms. The molecule has 5 nitrogen and oxygen atoms in total. The van der Waals surface area contributed by atoms with E-state index in [0.29, 0.717) is 12.2 Å². The van der Waals surface area contributed by atoms with Gasteiger partial charge in [0.2, 0.25) is 11.8 Å². The highest BCUT2D eigenvalue weighted by Crippen LogP contribution is 2.63. The van der Waals surface area contributed by atoms with E-state index in [9.17, 15) is 14.7 Å². The average molecular weight is 438 g/mol. The third-order valence-corrected chi connectivity index (χ3v) is 7.56. The van der Waals surface area contributed by atoms with E-state index in [2.05, 4.69) is 29.3 Å². The highest BCUT2D eigenvalue weighted by molar-refractivity contribution is 6.24. The lowest BCUT2D eigenvalue weighted by molar-refractivity contribution is -0.458. The van der Waals surface area contributed by atoms with Gasteiger partial charge in [0, 0.05) is 5.92 Å². The van der Waals surface area contributed by atoms with Gasteiger partial charge in [0.15, 0.2) is 12.8 Å². The van der Waals surface area contributed by atoms with Gasteiger partial charge in [0.25, 0.3) is 0 Å². The SMILES string of the molecule is Cc1ccc(N2C(=O)[C@@H]3C4c5ccccc5C(C=[NH+]CCO)(c5ccccc54)[C@H]3C2=O)cc1. The van der Waals surface area contributed by atoms with Crippen LogP contribution in [0.2, 0.25) is 0 Å². The van der Waals surface area contributed by atoms with Gasteiger partial charge in [-0.25, -0.2) is 9.89 Å². The van der Waals surface area contributed by atoms with Crippen molar-refractivity contribution < 1.29 is 19.7 Å². The summed E-state index contributed by atoms with van der Waals surface area (Å²) in [7, 11) is 0. The number of imide groups is 1. The van der Waals surface area contributed by atoms with E-state index in [0.717, 1.165) is 27.8 Å². The first kappa shape index (κ1) is 20.1. The molecule has 0 spiro atoms. The second-order valence-corrected chi connectivity index (χ2v) is 9.19. The van der Waals surface area contributed by atoms with Crippen LogP contribution in [0, 0.1) is 18.8 Å². The molecule has 1 heterocycles. The molecule has 4 aliphatic rings. The van der Waals surface area contributed by atoms with Crippen LogP contribution in [0.15, 0.2) is 72.8 Å². The molecule has 0 unspecified atom stereocenters. The van der Waals surface area contributed by atoms with Crippen molar-refractivity contribution in [3.63, 3.8) is 0 Å². The van der Waals surface area contributed by atoms with Gasteiger partial charge < -0.3 is 5.11 Å². The molecule has 164 valence electrons. The van der Waals surface area contributed by atoms with Crippen LogP contribution in [-0.4, -0.2) is 36.3 Å². The molecular weight excluding hydrogens is 412 g/mol. The van der Waals surface area contributed by atoms with Gasteiger partial charge >= 0.3 is 0 Å². The Balaban J connectivity index is 1.63. The fourth-order valence-electron chi connectivity index (χ4n) is 6.32. The van der Waals surface area contributed by atoms with Crippen LogP contribution in [0.3, 0.4) is 0 Å². The largest absolute Gasteiger partial charge is 0.390 e. The number of rotatable bonds is 4. The van der Waals surface area contributed by atoms with Crippen molar-refractivity contribution in [1.82, 2.24) is 0 Å². The summed E-state index contributed by atoms with van der Waals surface area (Å²) in [5.74, 6) is -1.49. The zero-order valence-corrected chi connectivity index (χ0v) is 18.4. The molecule has 3 aromatic carbocycles. The van der Waals surface area contributed by atoms with Crippen molar-refractivity contribution in [2.24, 2.45) is 11.8 Å². The predicted octanol–water partition coefficient (Wildman–Crippen LogP) is 1.69. The summed E-state index contributed by atoms with van der Waals surface area (Å²) in [4.78, 5) is 32.7. The molecule has 1 aliphatic heterocycles. The number of aliphatic hydroxyl groups is 1. The van der Waals surface area contributed by atoms with Gasteiger partial charge in [-0.1, -0.05) is 66.2 Å². The number of hydrogen-bond acceptors (Lipinski definition) is 3. The second kappa shape index (κ2) is 7.22. The second-order valence-electron chi connectivity index (χ2n) is 9.19. The Bertz CT molecular complexity index is 1260. The summed E-state index contributed by atoms with van der Waals surface area (Å²) in [6.07, 6.45) is 1.96. The molecule has 2 atom stereocenters. The predicted molar refractivity (Wildman–Crippen MR) is 125 cm³/mol. The Hall–Kier alpha value is -3.57. The maximum Gasteiger partial charge on any atom is 0.239 e. The molecule has 1 saturated heterocycles. The van der Waals surface area contributed by atoms with E-state index in [1.807, 2.05) is 61.7 Å². The maximum absolute atomic E-state index is 14.1. The van der Waals surface area contributed by atoms with E-state index in [-0.39, 0.29) is 24.3 Å². The molecule has 2 bridgehead atoms. The van der Waals surface area contributed by atoms with Crippen molar-refractivity contribution in [2.75, 3.05) is 18.1 Å².